The van der Waals surface area contributed by atoms with Crippen LogP contribution in [0.1, 0.15) is 26.5 Å². The van der Waals surface area contributed by atoms with Crippen LogP contribution in [-0.4, -0.2) is 29.4 Å². The van der Waals surface area contributed by atoms with Crippen LogP contribution < -0.4 is 26.8 Å². The molecule has 0 radical (unpaired) electrons. The third-order valence-electron chi connectivity index (χ3n) is 5.20. The predicted octanol–water partition coefficient (Wildman–Crippen LogP) is 1.41. The molecule has 0 saturated carbocycles. The number of nitrogens with zero attached hydrogens (tertiary/aromatic N) is 2. The number of benzene rings is 1. The maximum atomic E-state index is 13.3. The Bertz CT molecular complexity index is 1480. The lowest BCUT2D eigenvalue weighted by Crippen LogP contribution is -2.47. The number of pyridine rings is 1. The van der Waals surface area contributed by atoms with Gasteiger partial charge in [-0.3, -0.25) is 9.59 Å². The van der Waals surface area contributed by atoms with Crippen molar-refractivity contribution in [1.29, 1.82) is 0 Å². The van der Waals surface area contributed by atoms with Crippen molar-refractivity contribution in [3.63, 3.8) is 0 Å². The number of anilines is 1. The molecule has 2 N–H and O–H groups in total. The predicted molar refractivity (Wildman–Crippen MR) is 130 cm³/mol. The number of carbonyl (C=O) groups is 2. The Hall–Kier alpha value is -4.18. The molecule has 10 heteroatoms. The first kappa shape index (κ1) is 23.0. The molecule has 1 aliphatic heterocycles. The highest BCUT2D eigenvalue weighted by molar-refractivity contribution is 7.12. The zero-order chi connectivity index (χ0) is 24.4. The molecule has 1 aliphatic rings. The molecule has 0 atom stereocenters. The van der Waals surface area contributed by atoms with Gasteiger partial charge in [-0.25, -0.2) is 10.3 Å². The van der Waals surface area contributed by atoms with Crippen molar-refractivity contribution in [2.45, 2.75) is 20.4 Å². The molecule has 0 spiro atoms. The Kier molecular flexibility index (Phi) is 6.33. The average molecular weight is 479 g/mol. The number of aliphatic imine (C=N–C) groups is 1. The maximum Gasteiger partial charge on any atom is 0.350 e. The van der Waals surface area contributed by atoms with E-state index in [1.807, 2.05) is 31.2 Å². The van der Waals surface area contributed by atoms with Crippen molar-refractivity contribution >= 4 is 47.2 Å². The van der Waals surface area contributed by atoms with Crippen molar-refractivity contribution in [3.05, 3.63) is 84.3 Å². The van der Waals surface area contributed by atoms with Gasteiger partial charge in [0.15, 0.2) is 5.84 Å². The van der Waals surface area contributed by atoms with Crippen LogP contribution >= 0.6 is 11.3 Å². The minimum Gasteiger partial charge on any atom is -0.465 e. The number of hydrogen-bond acceptors (Lipinski definition) is 8. The fourth-order valence-electron chi connectivity index (χ4n) is 3.44. The van der Waals surface area contributed by atoms with Gasteiger partial charge in [0.2, 0.25) is 5.91 Å². The number of hydroxylamine groups is 1. The number of carbonyl (C=O) groups excluding carboxylic acids is 2. The van der Waals surface area contributed by atoms with E-state index in [1.54, 1.807) is 24.4 Å². The van der Waals surface area contributed by atoms with Crippen molar-refractivity contribution in [2.24, 2.45) is 4.99 Å². The fourth-order valence-corrected chi connectivity index (χ4v) is 4.20. The quantitative estimate of drug-likeness (QED) is 0.537. The molecule has 2 aromatic heterocycles. The summed E-state index contributed by atoms with van der Waals surface area (Å²) >= 11 is 1.15. The Morgan fingerprint density at radius 3 is 2.68 bits per heavy atom. The number of aromatic nitrogens is 1. The van der Waals surface area contributed by atoms with Gasteiger partial charge in [-0.2, -0.15) is 4.99 Å². The minimum atomic E-state index is -0.549. The van der Waals surface area contributed by atoms with Crippen LogP contribution in [0.5, 0.6) is 0 Å². The van der Waals surface area contributed by atoms with Gasteiger partial charge < -0.3 is 19.5 Å². The first-order valence-corrected chi connectivity index (χ1v) is 11.1. The standard InChI is InChI=1S/C24H22N4O5S/c1-13-5-7-16(8-6-13)21-26-22(33-27-21)19-14(2)11-15(3)28(23(19)30)12-18(29)25-17-9-10-34-20(17)24(31)32-4/h5-11H,2,12H2,1,3-4H3,(H,25,29)(H,26,27). The van der Waals surface area contributed by atoms with Crippen LogP contribution in [0.25, 0.3) is 12.5 Å². The fraction of sp³-hybridized carbons (Fsp3) is 0.167. The second kappa shape index (κ2) is 9.36. The number of rotatable bonds is 5. The monoisotopic (exact) mass is 478 g/mol. The number of aryl methyl sites for hydroxylation is 2. The van der Waals surface area contributed by atoms with Gasteiger partial charge in [0.05, 0.1) is 12.8 Å². The summed E-state index contributed by atoms with van der Waals surface area (Å²) in [6.07, 6.45) is 0. The van der Waals surface area contributed by atoms with Crippen LogP contribution in [0.15, 0.2) is 51.6 Å². The zero-order valence-electron chi connectivity index (χ0n) is 18.8. The van der Waals surface area contributed by atoms with Crippen molar-refractivity contribution in [3.8, 4) is 0 Å². The van der Waals surface area contributed by atoms with E-state index >= 15 is 0 Å². The van der Waals surface area contributed by atoms with Gasteiger partial charge in [-0.1, -0.05) is 36.4 Å². The lowest BCUT2D eigenvalue weighted by Gasteiger charge is -2.11. The van der Waals surface area contributed by atoms with Gasteiger partial charge in [-0.05, 0) is 36.6 Å². The third-order valence-corrected chi connectivity index (χ3v) is 6.09. The molecule has 0 unspecified atom stereocenters. The first-order valence-electron chi connectivity index (χ1n) is 10.3. The molecule has 0 aliphatic carbocycles. The van der Waals surface area contributed by atoms with Gasteiger partial charge in [0.1, 0.15) is 16.6 Å². The number of hydrogen-bond donors (Lipinski definition) is 2. The Morgan fingerprint density at radius 2 is 1.97 bits per heavy atom. The van der Waals surface area contributed by atoms with E-state index in [2.05, 4.69) is 22.4 Å². The summed E-state index contributed by atoms with van der Waals surface area (Å²) in [5.74, 6) is -0.486. The molecule has 9 nitrogen and oxygen atoms in total. The Balaban J connectivity index is 1.68. The van der Waals surface area contributed by atoms with Crippen LogP contribution in [0.4, 0.5) is 5.69 Å². The number of amidine groups is 1. The number of thiophene rings is 1. The number of esters is 1. The molecule has 0 saturated heterocycles. The molecule has 34 heavy (non-hydrogen) atoms. The van der Waals surface area contributed by atoms with E-state index in [0.29, 0.717) is 22.4 Å². The highest BCUT2D eigenvalue weighted by Gasteiger charge is 2.20. The number of amides is 1. The highest BCUT2D eigenvalue weighted by atomic mass is 32.1. The van der Waals surface area contributed by atoms with E-state index in [9.17, 15) is 14.4 Å². The summed E-state index contributed by atoms with van der Waals surface area (Å²) in [6.45, 7) is 7.37. The average Bonchev–Trinajstić information content (AvgIpc) is 3.46. The van der Waals surface area contributed by atoms with Crippen LogP contribution in [0.2, 0.25) is 0 Å². The maximum absolute atomic E-state index is 13.3. The van der Waals surface area contributed by atoms with E-state index in [4.69, 9.17) is 9.57 Å². The molecule has 3 aromatic rings. The molecule has 3 heterocycles. The van der Waals surface area contributed by atoms with E-state index < -0.39 is 17.4 Å². The van der Waals surface area contributed by atoms with E-state index in [1.165, 1.54) is 11.7 Å². The van der Waals surface area contributed by atoms with Crippen molar-refractivity contribution < 1.29 is 19.2 Å². The number of methoxy groups -OCH3 is 1. The molecule has 0 bridgehead atoms. The number of nitrogens with one attached hydrogen (secondary N) is 2. The van der Waals surface area contributed by atoms with Gasteiger partial charge in [0.25, 0.3) is 11.4 Å². The first-order chi connectivity index (χ1) is 16.3. The molecule has 1 amide bonds. The molecule has 1 aromatic carbocycles. The lowest BCUT2D eigenvalue weighted by molar-refractivity contribution is -0.116. The molecular weight excluding hydrogens is 456 g/mol. The second-order valence-corrected chi connectivity index (χ2v) is 8.53. The smallest absolute Gasteiger partial charge is 0.350 e. The van der Waals surface area contributed by atoms with E-state index in [-0.39, 0.29) is 22.5 Å². The van der Waals surface area contributed by atoms with Crippen molar-refractivity contribution in [1.82, 2.24) is 10.0 Å². The summed E-state index contributed by atoms with van der Waals surface area (Å²) in [5, 5.41) is 4.91. The molecule has 0 fully saturated rings. The van der Waals surface area contributed by atoms with Crippen molar-refractivity contribution in [2.75, 3.05) is 12.4 Å². The summed E-state index contributed by atoms with van der Waals surface area (Å²) < 4.78 is 6.03. The molecular formula is C24H22N4O5S. The Morgan fingerprint density at radius 1 is 1.24 bits per heavy atom. The van der Waals surface area contributed by atoms with Gasteiger partial charge in [0, 0.05) is 11.3 Å². The van der Waals surface area contributed by atoms with E-state index in [0.717, 1.165) is 22.5 Å². The van der Waals surface area contributed by atoms with Crippen LogP contribution in [0.3, 0.4) is 0 Å². The normalized spacial score (nSPS) is 14.1. The van der Waals surface area contributed by atoms with Gasteiger partial charge in [-0.15, -0.1) is 11.3 Å². The SMILES string of the molecule is C=c1cc(C)n(CC(=O)Nc2ccsc2C(=O)OC)c(=O)c1=C1N=C(c2ccc(C)cc2)NO1. The zero-order valence-corrected chi connectivity index (χ0v) is 19.6. The Labute approximate surface area is 198 Å². The molecule has 174 valence electrons. The summed E-state index contributed by atoms with van der Waals surface area (Å²) in [4.78, 5) is 48.1. The highest BCUT2D eigenvalue weighted by Crippen LogP contribution is 2.23. The summed E-state index contributed by atoms with van der Waals surface area (Å²) in [7, 11) is 1.27. The summed E-state index contributed by atoms with van der Waals surface area (Å²) in [5.41, 5.74) is 5.04. The number of ether oxygens (including phenoxy) is 1. The second-order valence-electron chi connectivity index (χ2n) is 7.62. The largest absolute Gasteiger partial charge is 0.465 e. The van der Waals surface area contributed by atoms with Crippen LogP contribution in [0, 0.1) is 13.8 Å². The summed E-state index contributed by atoms with van der Waals surface area (Å²) in [6, 6.07) is 11.0. The lowest BCUT2D eigenvalue weighted by atomic mass is 10.1. The third kappa shape index (κ3) is 4.48. The van der Waals surface area contributed by atoms with Gasteiger partial charge >= 0.3 is 5.97 Å². The minimum absolute atomic E-state index is 0.0746. The molecule has 4 rings (SSSR count). The van der Waals surface area contributed by atoms with Crippen LogP contribution in [-0.2, 0) is 20.9 Å². The topological polar surface area (TPSA) is 111 Å².